The van der Waals surface area contributed by atoms with Gasteiger partial charge in [0.15, 0.2) is 0 Å². The number of nitriles is 1. The van der Waals surface area contributed by atoms with Crippen LogP contribution in [0.5, 0.6) is 0 Å². The Kier molecular flexibility index (Phi) is 5.50. The number of hydrogen-bond acceptors (Lipinski definition) is 4. The van der Waals surface area contributed by atoms with Gasteiger partial charge in [-0.05, 0) is 17.7 Å². The van der Waals surface area contributed by atoms with Crippen LogP contribution in [0.2, 0.25) is 0 Å². The molecule has 2 rings (SSSR count). The number of esters is 1. The molecule has 1 aromatic carbocycles. The first-order chi connectivity index (χ1) is 12.2. The van der Waals surface area contributed by atoms with Crippen LogP contribution < -0.4 is 5.32 Å². The maximum Gasteiger partial charge on any atom is 0.432 e. The van der Waals surface area contributed by atoms with Gasteiger partial charge in [-0.2, -0.15) is 18.4 Å². The molecule has 0 bridgehead atoms. The van der Waals surface area contributed by atoms with Crippen molar-refractivity contribution in [1.29, 1.82) is 5.26 Å². The van der Waals surface area contributed by atoms with Gasteiger partial charge in [-0.25, -0.2) is 14.0 Å². The summed E-state index contributed by atoms with van der Waals surface area (Å²) in [6.45, 7) is -0.232. The Morgan fingerprint density at radius 1 is 1.35 bits per heavy atom. The summed E-state index contributed by atoms with van der Waals surface area (Å²) in [4.78, 5) is 25.1. The second kappa shape index (κ2) is 7.43. The molecular formula is C16H13F4N3O3. The van der Waals surface area contributed by atoms with E-state index >= 15 is 0 Å². The molecule has 1 aliphatic rings. The second-order valence-corrected chi connectivity index (χ2v) is 5.34. The third kappa shape index (κ3) is 3.93. The monoisotopic (exact) mass is 371 g/mol. The number of amides is 2. The summed E-state index contributed by atoms with van der Waals surface area (Å²) in [6.07, 6.45) is -5.58. The number of ether oxygens (including phenoxy) is 1. The van der Waals surface area contributed by atoms with Gasteiger partial charge in [0.2, 0.25) is 0 Å². The number of urea groups is 1. The van der Waals surface area contributed by atoms with Crippen LogP contribution in [0.1, 0.15) is 12.0 Å². The third-order valence-electron chi connectivity index (χ3n) is 3.71. The predicted molar refractivity (Wildman–Crippen MR) is 79.6 cm³/mol. The molecule has 6 nitrogen and oxygen atoms in total. The lowest BCUT2D eigenvalue weighted by atomic mass is 9.97. The predicted octanol–water partition coefficient (Wildman–Crippen LogP) is 2.62. The van der Waals surface area contributed by atoms with Crippen LogP contribution >= 0.6 is 0 Å². The van der Waals surface area contributed by atoms with Crippen molar-refractivity contribution < 1.29 is 31.9 Å². The smallest absolute Gasteiger partial charge is 0.432 e. The van der Waals surface area contributed by atoms with Crippen molar-refractivity contribution in [3.63, 3.8) is 0 Å². The van der Waals surface area contributed by atoms with Gasteiger partial charge in [0.25, 0.3) is 0 Å². The summed E-state index contributed by atoms with van der Waals surface area (Å²) in [5, 5.41) is 10.6. The molecule has 0 aliphatic carbocycles. The average molecular weight is 371 g/mol. The average Bonchev–Trinajstić information content (AvgIpc) is 2.58. The fourth-order valence-electron chi connectivity index (χ4n) is 2.55. The lowest BCUT2D eigenvalue weighted by Crippen LogP contribution is -2.55. The summed E-state index contributed by atoms with van der Waals surface area (Å²) in [6, 6.07) is 3.99. The van der Waals surface area contributed by atoms with E-state index in [0.29, 0.717) is 5.56 Å². The molecule has 1 N–H and O–H groups in total. The van der Waals surface area contributed by atoms with Crippen LogP contribution in [0.15, 0.2) is 35.5 Å². The van der Waals surface area contributed by atoms with Crippen LogP contribution in [-0.4, -0.2) is 36.2 Å². The fraction of sp³-hybridized carbons (Fsp3) is 0.312. The van der Waals surface area contributed by atoms with Crippen molar-refractivity contribution in [3.05, 3.63) is 46.9 Å². The van der Waals surface area contributed by atoms with E-state index in [4.69, 9.17) is 5.26 Å². The zero-order valence-electron chi connectivity index (χ0n) is 13.4. The van der Waals surface area contributed by atoms with E-state index in [-0.39, 0.29) is 6.54 Å². The summed E-state index contributed by atoms with van der Waals surface area (Å²) in [7, 11) is 0.896. The van der Waals surface area contributed by atoms with Crippen molar-refractivity contribution in [3.8, 4) is 6.07 Å². The highest BCUT2D eigenvalue weighted by atomic mass is 19.4. The third-order valence-corrected chi connectivity index (χ3v) is 3.71. The Morgan fingerprint density at radius 3 is 2.46 bits per heavy atom. The van der Waals surface area contributed by atoms with E-state index in [0.717, 1.165) is 24.1 Å². The molecule has 2 amide bonds. The van der Waals surface area contributed by atoms with Gasteiger partial charge in [0.1, 0.15) is 11.5 Å². The number of carbonyl (C=O) groups is 2. The summed E-state index contributed by atoms with van der Waals surface area (Å²) >= 11 is 0. The number of nitrogens with one attached hydrogen (secondary N) is 1. The number of methoxy groups -OCH3 is 1. The number of alkyl halides is 3. The van der Waals surface area contributed by atoms with Crippen LogP contribution in [0.25, 0.3) is 0 Å². The number of halogens is 4. The zero-order valence-corrected chi connectivity index (χ0v) is 13.4. The van der Waals surface area contributed by atoms with Gasteiger partial charge < -0.3 is 15.0 Å². The first-order valence-electron chi connectivity index (χ1n) is 7.27. The Balaban J connectivity index is 2.51. The molecule has 0 saturated carbocycles. The standard InChI is InChI=1S/C16H13F4N3O3/c1-26-14(24)12-11(6-7-21)23(8-9-2-4-10(17)5-3-9)15(25)22-13(12)16(18,19)20/h2-5,11H,6,8H2,1H3,(H,22,25). The number of nitrogens with zero attached hydrogens (tertiary/aromatic N) is 2. The van der Waals surface area contributed by atoms with Crippen LogP contribution in [0.4, 0.5) is 22.4 Å². The molecular weight excluding hydrogens is 358 g/mol. The van der Waals surface area contributed by atoms with Crippen LogP contribution in [0.3, 0.4) is 0 Å². The molecule has 0 fully saturated rings. The van der Waals surface area contributed by atoms with Crippen molar-refractivity contribution in [1.82, 2.24) is 10.2 Å². The Morgan fingerprint density at radius 2 is 1.96 bits per heavy atom. The maximum atomic E-state index is 13.2. The maximum absolute atomic E-state index is 13.2. The number of benzene rings is 1. The number of allylic oxidation sites excluding steroid dienone is 1. The van der Waals surface area contributed by atoms with Crippen LogP contribution in [0, 0.1) is 17.1 Å². The zero-order chi connectivity index (χ0) is 19.5. The van der Waals surface area contributed by atoms with Gasteiger partial charge in [0.05, 0.1) is 31.2 Å². The molecule has 0 radical (unpaired) electrons. The van der Waals surface area contributed by atoms with E-state index in [2.05, 4.69) is 4.74 Å². The first kappa shape index (κ1) is 19.2. The van der Waals surface area contributed by atoms with Gasteiger partial charge in [-0.15, -0.1) is 0 Å². The van der Waals surface area contributed by atoms with E-state index < -0.39 is 47.7 Å². The Hall–Kier alpha value is -3.09. The SMILES string of the molecule is COC(=O)C1=C(C(F)(F)F)NC(=O)N(Cc2ccc(F)cc2)C1CC#N. The summed E-state index contributed by atoms with van der Waals surface area (Å²) < 4.78 is 57.2. The van der Waals surface area contributed by atoms with Gasteiger partial charge in [0, 0.05) is 6.54 Å². The molecule has 0 aromatic heterocycles. The molecule has 1 unspecified atom stereocenters. The Bertz CT molecular complexity index is 781. The lowest BCUT2D eigenvalue weighted by molar-refractivity contribution is -0.139. The van der Waals surface area contributed by atoms with Gasteiger partial charge in [-0.3, -0.25) is 0 Å². The van der Waals surface area contributed by atoms with Crippen molar-refractivity contribution in [2.45, 2.75) is 25.2 Å². The topological polar surface area (TPSA) is 82.4 Å². The molecule has 138 valence electrons. The van der Waals surface area contributed by atoms with E-state index in [1.807, 2.05) is 0 Å². The van der Waals surface area contributed by atoms with E-state index in [9.17, 15) is 27.2 Å². The Labute approximate surface area is 145 Å². The minimum Gasteiger partial charge on any atom is -0.466 e. The fourth-order valence-corrected chi connectivity index (χ4v) is 2.55. The number of rotatable bonds is 4. The number of carbonyl (C=O) groups excluding carboxylic acids is 2. The minimum atomic E-state index is -5.02. The quantitative estimate of drug-likeness (QED) is 0.652. The molecule has 0 spiro atoms. The highest BCUT2D eigenvalue weighted by Crippen LogP contribution is 2.34. The van der Waals surface area contributed by atoms with Crippen LogP contribution in [-0.2, 0) is 16.1 Å². The van der Waals surface area contributed by atoms with Gasteiger partial charge in [-0.1, -0.05) is 12.1 Å². The highest BCUT2D eigenvalue weighted by Gasteiger charge is 2.48. The largest absolute Gasteiger partial charge is 0.466 e. The molecule has 10 heteroatoms. The molecule has 1 aromatic rings. The van der Waals surface area contributed by atoms with E-state index in [1.165, 1.54) is 12.1 Å². The van der Waals surface area contributed by atoms with Crippen molar-refractivity contribution in [2.24, 2.45) is 0 Å². The van der Waals surface area contributed by atoms with Crippen molar-refractivity contribution >= 4 is 12.0 Å². The van der Waals surface area contributed by atoms with E-state index in [1.54, 1.807) is 11.4 Å². The molecule has 1 atom stereocenters. The van der Waals surface area contributed by atoms with Gasteiger partial charge >= 0.3 is 18.2 Å². The normalized spacial score (nSPS) is 17.6. The first-order valence-corrected chi connectivity index (χ1v) is 7.27. The highest BCUT2D eigenvalue weighted by molar-refractivity contribution is 5.95. The second-order valence-electron chi connectivity index (χ2n) is 5.34. The van der Waals surface area contributed by atoms with Crippen molar-refractivity contribution in [2.75, 3.05) is 7.11 Å². The molecule has 26 heavy (non-hydrogen) atoms. The lowest BCUT2D eigenvalue weighted by Gasteiger charge is -2.37. The molecule has 0 saturated heterocycles. The molecule has 1 heterocycles. The summed E-state index contributed by atoms with van der Waals surface area (Å²) in [5.74, 6) is -1.83. The molecule has 1 aliphatic heterocycles. The number of hydrogen-bond donors (Lipinski definition) is 1. The minimum absolute atomic E-state index is 0.232. The summed E-state index contributed by atoms with van der Waals surface area (Å²) in [5.41, 5.74) is -2.00.